The predicted octanol–water partition coefficient (Wildman–Crippen LogP) is 2.13. The van der Waals surface area contributed by atoms with E-state index < -0.39 is 36.4 Å². The second kappa shape index (κ2) is 6.07. The smallest absolute Gasteiger partial charge is 0.387 e. The van der Waals surface area contributed by atoms with Crippen LogP contribution in [0.5, 0.6) is 0 Å². The lowest BCUT2D eigenvalue weighted by Crippen LogP contribution is -2.48. The van der Waals surface area contributed by atoms with Gasteiger partial charge in [-0.25, -0.2) is 4.39 Å². The summed E-state index contributed by atoms with van der Waals surface area (Å²) in [5.41, 5.74) is -0.867. The fourth-order valence-electron chi connectivity index (χ4n) is 2.08. The molecule has 9 heteroatoms. The van der Waals surface area contributed by atoms with Gasteiger partial charge in [-0.1, -0.05) is 11.8 Å². The maximum atomic E-state index is 13.6. The Bertz CT molecular complexity index is 365. The zero-order valence-electron chi connectivity index (χ0n) is 10.6. The Balaban J connectivity index is 1.92. The number of nitrogens with one attached hydrogen (secondary N) is 1. The Hall–Kier alpha value is -0.540. The van der Waals surface area contributed by atoms with Crippen LogP contribution in [0.3, 0.4) is 0 Å². The minimum atomic E-state index is -4.52. The molecule has 4 atom stereocenters. The van der Waals surface area contributed by atoms with Crippen LogP contribution in [0, 0.1) is 5.41 Å². The summed E-state index contributed by atoms with van der Waals surface area (Å²) in [4.78, 5) is 1.74. The monoisotopic (exact) mass is 316 g/mol. The lowest BCUT2D eigenvalue weighted by Gasteiger charge is -2.38. The van der Waals surface area contributed by atoms with E-state index in [-0.39, 0.29) is 11.6 Å². The van der Waals surface area contributed by atoms with Crippen LogP contribution in [0.2, 0.25) is 0 Å². The van der Waals surface area contributed by atoms with Gasteiger partial charge in [0.05, 0.1) is 12.5 Å². The number of likely N-dealkylation sites (tertiary alicyclic amines) is 1. The molecule has 4 nitrogen and oxygen atoms in total. The highest BCUT2D eigenvalue weighted by Gasteiger charge is 2.44. The van der Waals surface area contributed by atoms with Crippen LogP contribution in [0.15, 0.2) is 0 Å². The number of thioether (sulfide) groups is 1. The molecule has 2 saturated heterocycles. The summed E-state index contributed by atoms with van der Waals surface area (Å²) in [5.74, 6) is 0. The fraction of sp³-hybridized carbons (Fsp3) is 0.909. The van der Waals surface area contributed by atoms with Crippen LogP contribution in [0.25, 0.3) is 0 Å². The van der Waals surface area contributed by atoms with Gasteiger partial charge in [0, 0.05) is 19.5 Å². The van der Waals surface area contributed by atoms with E-state index in [0.29, 0.717) is 0 Å². The molecule has 0 radical (unpaired) electrons. The molecule has 0 aliphatic carbocycles. The van der Waals surface area contributed by atoms with Crippen LogP contribution in [0.1, 0.15) is 19.3 Å². The second-order valence-electron chi connectivity index (χ2n) is 4.93. The lowest BCUT2D eigenvalue weighted by atomic mass is 10.0. The zero-order chi connectivity index (χ0) is 14.9. The van der Waals surface area contributed by atoms with Gasteiger partial charge in [0.1, 0.15) is 17.7 Å². The van der Waals surface area contributed by atoms with Crippen molar-refractivity contribution in [3.05, 3.63) is 0 Å². The molecule has 0 amide bonds. The Morgan fingerprint density at radius 1 is 1.40 bits per heavy atom. The van der Waals surface area contributed by atoms with E-state index in [1.165, 1.54) is 0 Å². The number of alkyl halides is 4. The van der Waals surface area contributed by atoms with Crippen molar-refractivity contribution in [2.45, 2.75) is 49.3 Å². The van der Waals surface area contributed by atoms with E-state index in [1.54, 1.807) is 4.90 Å². The van der Waals surface area contributed by atoms with Crippen molar-refractivity contribution in [3.8, 4) is 0 Å². The topological polar surface area (TPSA) is 56.6 Å². The molecule has 2 heterocycles. The average Bonchev–Trinajstić information content (AvgIpc) is 2.20. The molecule has 2 aliphatic rings. The first-order valence-electron chi connectivity index (χ1n) is 6.31. The Labute approximate surface area is 118 Å². The number of nitrogens with zero attached hydrogens (tertiary/aromatic N) is 1. The quantitative estimate of drug-likeness (QED) is 0.465. The fourth-order valence-corrected chi connectivity index (χ4v) is 3.14. The first kappa shape index (κ1) is 15.8. The van der Waals surface area contributed by atoms with Gasteiger partial charge in [0.15, 0.2) is 5.17 Å². The number of halogens is 4. The molecule has 0 bridgehead atoms. The van der Waals surface area contributed by atoms with Gasteiger partial charge in [0.2, 0.25) is 0 Å². The van der Waals surface area contributed by atoms with Crippen molar-refractivity contribution in [1.82, 2.24) is 4.90 Å². The number of rotatable bonds is 2. The highest BCUT2D eigenvalue weighted by atomic mass is 32.2. The summed E-state index contributed by atoms with van der Waals surface area (Å²) in [5, 5.41) is 17.4. The third-order valence-corrected chi connectivity index (χ3v) is 4.36. The van der Waals surface area contributed by atoms with Crippen LogP contribution < -0.4 is 0 Å². The second-order valence-corrected chi connectivity index (χ2v) is 6.08. The summed E-state index contributed by atoms with van der Waals surface area (Å²) in [6.45, 7) is 1.46. The van der Waals surface area contributed by atoms with E-state index in [0.717, 1.165) is 31.3 Å². The molecule has 0 aromatic carbocycles. The first-order chi connectivity index (χ1) is 9.26. The molecule has 0 aromatic rings. The van der Waals surface area contributed by atoms with Gasteiger partial charge >= 0.3 is 6.18 Å². The van der Waals surface area contributed by atoms with Gasteiger partial charge < -0.3 is 14.7 Å². The molecule has 2 fully saturated rings. The number of aliphatic hydroxyl groups is 1. The number of ether oxygens (including phenoxy) is 1. The molecular weight excluding hydrogens is 300 g/mol. The Kier molecular flexibility index (Phi) is 4.80. The number of amidine groups is 1. The molecule has 0 unspecified atom stereocenters. The molecule has 116 valence electrons. The van der Waals surface area contributed by atoms with Crippen molar-refractivity contribution in [2.24, 2.45) is 0 Å². The van der Waals surface area contributed by atoms with Crippen LogP contribution in [-0.2, 0) is 4.74 Å². The van der Waals surface area contributed by atoms with Crippen molar-refractivity contribution in [1.29, 1.82) is 5.41 Å². The zero-order valence-corrected chi connectivity index (χ0v) is 11.4. The van der Waals surface area contributed by atoms with Gasteiger partial charge in [-0.15, -0.1) is 0 Å². The maximum Gasteiger partial charge on any atom is 0.391 e. The van der Waals surface area contributed by atoms with E-state index >= 15 is 0 Å². The Morgan fingerprint density at radius 2 is 2.05 bits per heavy atom. The standard InChI is InChI=1S/C11H16F4N2O2S/c12-6-4-8(20-10(16)17-2-1-3-17)19-7(9(6)18)5-11(13,14)15/h6-9,16,18H,1-5H2/t6-,7-,8-,9+/m1/s1. The Morgan fingerprint density at radius 3 is 2.55 bits per heavy atom. The largest absolute Gasteiger partial charge is 0.391 e. The summed E-state index contributed by atoms with van der Waals surface area (Å²) in [6, 6.07) is 0. The molecule has 0 spiro atoms. The molecular formula is C11H16F4N2O2S. The molecule has 20 heavy (non-hydrogen) atoms. The summed E-state index contributed by atoms with van der Waals surface area (Å²) >= 11 is 0.909. The molecule has 0 aromatic heterocycles. The predicted molar refractivity (Wildman–Crippen MR) is 66.4 cm³/mol. The molecule has 0 saturated carbocycles. The lowest BCUT2D eigenvalue weighted by molar-refractivity contribution is -0.198. The van der Waals surface area contributed by atoms with Crippen molar-refractivity contribution >= 4 is 16.9 Å². The number of hydrogen-bond donors (Lipinski definition) is 2. The normalized spacial score (nSPS) is 34.8. The number of hydrogen-bond acceptors (Lipinski definition) is 4. The summed E-state index contributed by atoms with van der Waals surface area (Å²) in [6.07, 6.45) is -10.3. The average molecular weight is 316 g/mol. The highest BCUT2D eigenvalue weighted by Crippen LogP contribution is 2.35. The SMILES string of the molecule is N=C(S[C@@H]1C[C@@H](F)[C@H](O)[C@@H](CC(F)(F)F)O1)N1CCC1. The minimum absolute atomic E-state index is 0.176. The van der Waals surface area contributed by atoms with Crippen LogP contribution in [-0.4, -0.2) is 58.3 Å². The molecule has 2 N–H and O–H groups in total. The van der Waals surface area contributed by atoms with Crippen LogP contribution in [0.4, 0.5) is 17.6 Å². The highest BCUT2D eigenvalue weighted by molar-refractivity contribution is 8.14. The van der Waals surface area contributed by atoms with Gasteiger partial charge in [-0.3, -0.25) is 5.41 Å². The van der Waals surface area contributed by atoms with Crippen LogP contribution >= 0.6 is 11.8 Å². The van der Waals surface area contributed by atoms with E-state index in [4.69, 9.17) is 10.1 Å². The van der Waals surface area contributed by atoms with Crippen molar-refractivity contribution < 1.29 is 27.4 Å². The van der Waals surface area contributed by atoms with E-state index in [1.807, 2.05) is 0 Å². The minimum Gasteiger partial charge on any atom is -0.387 e. The third kappa shape index (κ3) is 3.98. The van der Waals surface area contributed by atoms with E-state index in [2.05, 4.69) is 0 Å². The van der Waals surface area contributed by atoms with Crippen molar-refractivity contribution in [2.75, 3.05) is 13.1 Å². The summed E-state index contributed by atoms with van der Waals surface area (Å²) in [7, 11) is 0. The summed E-state index contributed by atoms with van der Waals surface area (Å²) < 4.78 is 55.8. The third-order valence-electron chi connectivity index (χ3n) is 3.31. The van der Waals surface area contributed by atoms with Gasteiger partial charge in [0.25, 0.3) is 0 Å². The van der Waals surface area contributed by atoms with Crippen molar-refractivity contribution in [3.63, 3.8) is 0 Å². The first-order valence-corrected chi connectivity index (χ1v) is 7.19. The maximum absolute atomic E-state index is 13.6. The molecule has 2 aliphatic heterocycles. The van der Waals surface area contributed by atoms with E-state index in [9.17, 15) is 22.7 Å². The van der Waals surface area contributed by atoms with Gasteiger partial charge in [-0.2, -0.15) is 13.2 Å². The molecule has 2 rings (SSSR count). The number of aliphatic hydroxyl groups excluding tert-OH is 1. The van der Waals surface area contributed by atoms with Gasteiger partial charge in [-0.05, 0) is 6.42 Å².